The maximum atomic E-state index is 12.3. The van der Waals surface area contributed by atoms with Crippen LogP contribution in [0.1, 0.15) is 15.9 Å². The second-order valence-electron chi connectivity index (χ2n) is 5.69. The zero-order chi connectivity index (χ0) is 18.0. The number of carboxylic acid groups (broad SMARTS) is 1. The molecular weight excluding hydrogens is 345 g/mol. The molecule has 0 aliphatic heterocycles. The van der Waals surface area contributed by atoms with Gasteiger partial charge in [-0.3, -0.25) is 4.79 Å². The molecule has 2 aromatic carbocycles. The fourth-order valence-electron chi connectivity index (χ4n) is 2.69. The normalized spacial score (nSPS) is 11.5. The van der Waals surface area contributed by atoms with E-state index in [4.69, 9.17) is 5.73 Å². The number of para-hydroxylation sites is 1. The molecule has 0 radical (unpaired) electrons. The summed E-state index contributed by atoms with van der Waals surface area (Å²) in [5.41, 5.74) is 7.38. The summed E-state index contributed by atoms with van der Waals surface area (Å²) >= 11 is 0. The molecule has 0 saturated carbocycles. The van der Waals surface area contributed by atoms with Crippen molar-refractivity contribution in [1.29, 1.82) is 0 Å². The van der Waals surface area contributed by atoms with E-state index in [1.54, 1.807) is 6.20 Å². The number of aliphatic carboxylic acids is 1. The van der Waals surface area contributed by atoms with Gasteiger partial charge in [0, 0.05) is 35.3 Å². The van der Waals surface area contributed by atoms with Crippen LogP contribution in [-0.4, -0.2) is 28.0 Å². The van der Waals surface area contributed by atoms with E-state index in [-0.39, 0.29) is 47.3 Å². The van der Waals surface area contributed by atoms with Crippen LogP contribution in [0.25, 0.3) is 10.9 Å². The second kappa shape index (κ2) is 8.27. The SMILES string of the molecule is Nc1ccc(C(=O)N[C@@H](Cc2c[nH]c3ccccc23)C(=O)[O-])c(O)c1.[Na+]. The third kappa shape index (κ3) is 4.19. The molecule has 1 amide bonds. The number of phenols is 1. The number of hydrogen-bond acceptors (Lipinski definition) is 5. The Balaban J connectivity index is 0.00000243. The van der Waals surface area contributed by atoms with Crippen molar-refractivity contribution in [3.8, 4) is 5.75 Å². The number of aromatic nitrogens is 1. The number of benzene rings is 2. The number of anilines is 1. The van der Waals surface area contributed by atoms with Crippen LogP contribution in [0.3, 0.4) is 0 Å². The Morgan fingerprint density at radius 3 is 2.65 bits per heavy atom. The number of carbonyl (C=O) groups is 2. The molecule has 0 aliphatic carbocycles. The number of nitrogens with one attached hydrogen (secondary N) is 2. The maximum absolute atomic E-state index is 12.3. The fourth-order valence-corrected chi connectivity index (χ4v) is 2.69. The topological polar surface area (TPSA) is 131 Å². The van der Waals surface area contributed by atoms with Gasteiger partial charge in [0.2, 0.25) is 0 Å². The zero-order valence-corrected chi connectivity index (χ0v) is 16.2. The third-order valence-corrected chi connectivity index (χ3v) is 3.96. The fraction of sp³-hybridized carbons (Fsp3) is 0.111. The number of nitrogens with two attached hydrogens (primary N) is 1. The van der Waals surface area contributed by atoms with Crippen LogP contribution in [-0.2, 0) is 11.2 Å². The van der Waals surface area contributed by atoms with Gasteiger partial charge in [-0.25, -0.2) is 0 Å². The molecule has 5 N–H and O–H groups in total. The van der Waals surface area contributed by atoms with Gasteiger partial charge >= 0.3 is 29.6 Å². The first kappa shape index (κ1) is 19.8. The van der Waals surface area contributed by atoms with E-state index in [1.807, 2.05) is 24.3 Å². The van der Waals surface area contributed by atoms with Crippen molar-refractivity contribution in [2.45, 2.75) is 12.5 Å². The largest absolute Gasteiger partial charge is 1.00 e. The molecular formula is C18H16N3NaO4. The van der Waals surface area contributed by atoms with Gasteiger partial charge < -0.3 is 31.0 Å². The first-order valence-corrected chi connectivity index (χ1v) is 7.61. The minimum Gasteiger partial charge on any atom is -0.548 e. The molecule has 0 saturated heterocycles. The molecule has 1 atom stereocenters. The van der Waals surface area contributed by atoms with Crippen molar-refractivity contribution in [2.24, 2.45) is 0 Å². The predicted molar refractivity (Wildman–Crippen MR) is 90.8 cm³/mol. The van der Waals surface area contributed by atoms with Crippen LogP contribution in [0.4, 0.5) is 5.69 Å². The molecule has 26 heavy (non-hydrogen) atoms. The number of nitrogen functional groups attached to an aromatic ring is 1. The predicted octanol–water partition coefficient (Wildman–Crippen LogP) is -2.45. The van der Waals surface area contributed by atoms with Gasteiger partial charge in [0.25, 0.3) is 5.91 Å². The standard InChI is InChI=1S/C18H17N3O4.Na/c19-11-5-6-13(16(22)8-11)17(23)21-15(18(24)25)7-10-9-20-14-4-2-1-3-12(10)14;/h1-6,8-9,15,20,22H,7,19H2,(H,21,23)(H,24,25);/q;+1/p-1/t15-;/m0./s1. The molecule has 1 aromatic heterocycles. The van der Waals surface area contributed by atoms with Crippen molar-refractivity contribution in [1.82, 2.24) is 10.3 Å². The quantitative estimate of drug-likeness (QED) is 0.296. The molecule has 0 unspecified atom stereocenters. The van der Waals surface area contributed by atoms with E-state index in [9.17, 15) is 19.8 Å². The smallest absolute Gasteiger partial charge is 0.548 e. The first-order valence-electron chi connectivity index (χ1n) is 7.61. The summed E-state index contributed by atoms with van der Waals surface area (Å²) < 4.78 is 0. The van der Waals surface area contributed by atoms with Crippen LogP contribution >= 0.6 is 0 Å². The van der Waals surface area contributed by atoms with E-state index >= 15 is 0 Å². The van der Waals surface area contributed by atoms with E-state index in [1.165, 1.54) is 18.2 Å². The number of rotatable bonds is 5. The van der Waals surface area contributed by atoms with Crippen LogP contribution in [0.2, 0.25) is 0 Å². The number of aromatic hydroxyl groups is 1. The van der Waals surface area contributed by atoms with Crippen LogP contribution < -0.4 is 45.7 Å². The average molecular weight is 361 g/mol. The summed E-state index contributed by atoms with van der Waals surface area (Å²) in [5, 5.41) is 24.5. The Hall–Kier alpha value is -2.48. The summed E-state index contributed by atoms with van der Waals surface area (Å²) in [4.78, 5) is 26.8. The number of fused-ring (bicyclic) bond motifs is 1. The van der Waals surface area contributed by atoms with Crippen LogP contribution in [0, 0.1) is 0 Å². The zero-order valence-electron chi connectivity index (χ0n) is 14.2. The number of H-pyrrole nitrogens is 1. The average Bonchev–Trinajstić information content (AvgIpc) is 2.97. The third-order valence-electron chi connectivity index (χ3n) is 3.96. The Labute approximate surface area is 171 Å². The molecule has 8 heteroatoms. The number of carboxylic acids is 1. The van der Waals surface area contributed by atoms with Crippen molar-refractivity contribution in [3.63, 3.8) is 0 Å². The number of phenolic OH excluding ortho intramolecular Hbond substituents is 1. The summed E-state index contributed by atoms with van der Waals surface area (Å²) in [6.07, 6.45) is 1.75. The first-order chi connectivity index (χ1) is 12.0. The van der Waals surface area contributed by atoms with Gasteiger partial charge in [0.15, 0.2) is 0 Å². The molecule has 1 heterocycles. The second-order valence-corrected chi connectivity index (χ2v) is 5.69. The molecule has 128 valence electrons. The molecule has 7 nitrogen and oxygen atoms in total. The molecule has 0 bridgehead atoms. The van der Waals surface area contributed by atoms with Crippen molar-refractivity contribution in [3.05, 3.63) is 59.8 Å². The molecule has 0 spiro atoms. The Kier molecular flexibility index (Phi) is 6.31. The van der Waals surface area contributed by atoms with Gasteiger partial charge in [0.1, 0.15) is 5.75 Å². The molecule has 3 rings (SSSR count). The van der Waals surface area contributed by atoms with Gasteiger partial charge in [-0.05, 0) is 23.8 Å². The Morgan fingerprint density at radius 2 is 1.96 bits per heavy atom. The monoisotopic (exact) mass is 361 g/mol. The van der Waals surface area contributed by atoms with E-state index in [0.29, 0.717) is 5.69 Å². The minimum atomic E-state index is -1.41. The van der Waals surface area contributed by atoms with Crippen molar-refractivity contribution in [2.75, 3.05) is 5.73 Å². The van der Waals surface area contributed by atoms with Crippen LogP contribution in [0.5, 0.6) is 5.75 Å². The number of aromatic amines is 1. The number of hydrogen-bond donors (Lipinski definition) is 4. The number of amides is 1. The van der Waals surface area contributed by atoms with E-state index < -0.39 is 17.9 Å². The van der Waals surface area contributed by atoms with E-state index in [2.05, 4.69) is 10.3 Å². The summed E-state index contributed by atoms with van der Waals surface area (Å²) in [7, 11) is 0. The Morgan fingerprint density at radius 1 is 1.23 bits per heavy atom. The number of carbonyl (C=O) groups excluding carboxylic acids is 2. The van der Waals surface area contributed by atoms with Gasteiger partial charge in [-0.1, -0.05) is 18.2 Å². The van der Waals surface area contributed by atoms with Crippen LogP contribution in [0.15, 0.2) is 48.7 Å². The summed E-state index contributed by atoms with van der Waals surface area (Å²) in [6, 6.07) is 10.2. The van der Waals surface area contributed by atoms with Gasteiger partial charge in [0.05, 0.1) is 17.6 Å². The van der Waals surface area contributed by atoms with Gasteiger partial charge in [-0.15, -0.1) is 0 Å². The summed E-state index contributed by atoms with van der Waals surface area (Å²) in [5.74, 6) is -2.44. The minimum absolute atomic E-state index is 0. The van der Waals surface area contributed by atoms with Crippen molar-refractivity contribution >= 4 is 28.5 Å². The van der Waals surface area contributed by atoms with Crippen molar-refractivity contribution < 1.29 is 49.4 Å². The molecule has 0 aliphatic rings. The molecule has 3 aromatic rings. The molecule has 0 fully saturated rings. The van der Waals surface area contributed by atoms with E-state index in [0.717, 1.165) is 16.5 Å². The van der Waals surface area contributed by atoms with Gasteiger partial charge in [-0.2, -0.15) is 0 Å². The Bertz CT molecular complexity index is 955. The maximum Gasteiger partial charge on any atom is 1.00 e. The summed E-state index contributed by atoms with van der Waals surface area (Å²) in [6.45, 7) is 0.